The number of nitrogens with zero attached hydrogens (tertiary/aromatic N) is 2. The minimum Gasteiger partial charge on any atom is -0.481 e. The molecule has 21 heavy (non-hydrogen) atoms. The highest BCUT2D eigenvalue weighted by molar-refractivity contribution is 7.89. The van der Waals surface area contributed by atoms with E-state index in [1.807, 2.05) is 0 Å². The molecule has 7 nitrogen and oxygen atoms in total. The van der Waals surface area contributed by atoms with Gasteiger partial charge in [-0.05, 0) is 18.2 Å². The van der Waals surface area contributed by atoms with Crippen LogP contribution in [0.1, 0.15) is 10.4 Å². The van der Waals surface area contributed by atoms with Gasteiger partial charge in [0.05, 0.1) is 10.8 Å². The fourth-order valence-electron chi connectivity index (χ4n) is 1.98. The molecule has 114 valence electrons. The summed E-state index contributed by atoms with van der Waals surface area (Å²) in [6.45, 7) is 0.303. The molecule has 0 radical (unpaired) electrons. The maximum Gasteiger partial charge on any atom is 0.310 e. The molecule has 1 amide bonds. The number of amides is 1. The third-order valence-corrected chi connectivity index (χ3v) is 5.19. The van der Waals surface area contributed by atoms with Crippen LogP contribution in [-0.2, 0) is 14.8 Å². The van der Waals surface area contributed by atoms with Gasteiger partial charge in [0.1, 0.15) is 0 Å². The van der Waals surface area contributed by atoms with E-state index in [1.165, 1.54) is 43.3 Å². The van der Waals surface area contributed by atoms with Crippen molar-refractivity contribution in [3.8, 4) is 0 Å². The lowest BCUT2D eigenvalue weighted by Gasteiger charge is -2.36. The number of aliphatic carboxylic acids is 1. The summed E-state index contributed by atoms with van der Waals surface area (Å²) in [4.78, 5) is 24.3. The van der Waals surface area contributed by atoms with Gasteiger partial charge in [-0.15, -0.1) is 0 Å². The molecule has 0 spiro atoms. The number of hydrogen-bond acceptors (Lipinski definition) is 4. The third-order valence-electron chi connectivity index (χ3n) is 3.38. The van der Waals surface area contributed by atoms with E-state index in [2.05, 4.69) is 0 Å². The largest absolute Gasteiger partial charge is 0.481 e. The fourth-order valence-corrected chi connectivity index (χ4v) is 2.93. The van der Waals surface area contributed by atoms with Crippen molar-refractivity contribution in [2.75, 3.05) is 27.2 Å². The Morgan fingerprint density at radius 3 is 2.43 bits per heavy atom. The molecule has 1 aliphatic heterocycles. The molecule has 8 heteroatoms. The Hall–Kier alpha value is -1.93. The van der Waals surface area contributed by atoms with Crippen LogP contribution in [0.25, 0.3) is 0 Å². The second kappa shape index (κ2) is 5.45. The molecule has 1 N–H and O–H groups in total. The smallest absolute Gasteiger partial charge is 0.310 e. The highest BCUT2D eigenvalue weighted by Gasteiger charge is 2.36. The Labute approximate surface area is 122 Å². The van der Waals surface area contributed by atoms with Gasteiger partial charge < -0.3 is 10.0 Å². The molecule has 1 aromatic rings. The molecule has 0 aliphatic carbocycles. The second-order valence-electron chi connectivity index (χ2n) is 5.06. The lowest BCUT2D eigenvalue weighted by atomic mass is 9.99. The van der Waals surface area contributed by atoms with Crippen LogP contribution >= 0.6 is 0 Å². The molecular formula is C13H16N2O5S. The Bertz CT molecular complexity index is 678. The van der Waals surface area contributed by atoms with Gasteiger partial charge in [0.2, 0.25) is 10.0 Å². The van der Waals surface area contributed by atoms with Gasteiger partial charge in [-0.3, -0.25) is 9.59 Å². The second-order valence-corrected chi connectivity index (χ2v) is 7.21. The van der Waals surface area contributed by atoms with Crippen molar-refractivity contribution in [2.45, 2.75) is 4.90 Å². The normalized spacial score (nSPS) is 15.9. The number of likely N-dealkylation sites (tertiary alicyclic amines) is 1. The minimum atomic E-state index is -3.60. The van der Waals surface area contributed by atoms with Gasteiger partial charge in [-0.25, -0.2) is 12.7 Å². The van der Waals surface area contributed by atoms with Gasteiger partial charge in [0.15, 0.2) is 0 Å². The van der Waals surface area contributed by atoms with E-state index in [0.29, 0.717) is 0 Å². The zero-order valence-electron chi connectivity index (χ0n) is 11.7. The topological polar surface area (TPSA) is 95.0 Å². The third kappa shape index (κ3) is 2.91. The Kier molecular flexibility index (Phi) is 4.02. The Morgan fingerprint density at radius 1 is 1.29 bits per heavy atom. The summed E-state index contributed by atoms with van der Waals surface area (Å²) in [5.41, 5.74) is 0.238. The van der Waals surface area contributed by atoms with Crippen LogP contribution < -0.4 is 0 Å². The zero-order chi connectivity index (χ0) is 15.8. The number of rotatable bonds is 4. The number of carbonyl (C=O) groups excluding carboxylic acids is 1. The Balaban J connectivity index is 2.19. The molecule has 0 atom stereocenters. The molecule has 2 rings (SSSR count). The molecule has 0 aromatic heterocycles. The highest BCUT2D eigenvalue weighted by Crippen LogP contribution is 2.21. The SMILES string of the molecule is CN(C)S(=O)(=O)c1cccc(C(=O)N2CC(C(=O)O)C2)c1. The maximum atomic E-state index is 12.2. The van der Waals surface area contributed by atoms with Gasteiger partial charge in [0.25, 0.3) is 5.91 Å². The van der Waals surface area contributed by atoms with Crippen LogP contribution in [0.15, 0.2) is 29.2 Å². The molecule has 1 aromatic carbocycles. The summed E-state index contributed by atoms with van der Waals surface area (Å²) < 4.78 is 25.1. The first-order valence-electron chi connectivity index (χ1n) is 6.28. The van der Waals surface area contributed by atoms with Crippen molar-refractivity contribution in [2.24, 2.45) is 5.92 Å². The average Bonchev–Trinajstić information content (AvgIpc) is 2.36. The minimum absolute atomic E-state index is 0.0358. The van der Waals surface area contributed by atoms with Gasteiger partial charge in [-0.2, -0.15) is 0 Å². The predicted octanol–water partition coefficient (Wildman–Crippen LogP) is 0.0935. The van der Waals surface area contributed by atoms with E-state index in [1.54, 1.807) is 0 Å². The molecule has 1 saturated heterocycles. The molecular weight excluding hydrogens is 296 g/mol. The first kappa shape index (κ1) is 15.5. The van der Waals surface area contributed by atoms with E-state index in [0.717, 1.165) is 4.31 Å². The number of benzene rings is 1. The summed E-state index contributed by atoms with van der Waals surface area (Å²) in [5, 5.41) is 8.79. The van der Waals surface area contributed by atoms with E-state index < -0.39 is 21.9 Å². The molecule has 1 heterocycles. The highest BCUT2D eigenvalue weighted by atomic mass is 32.2. The number of carboxylic acid groups (broad SMARTS) is 1. The van der Waals surface area contributed by atoms with Crippen LogP contribution in [0.4, 0.5) is 0 Å². The lowest BCUT2D eigenvalue weighted by molar-refractivity contribution is -0.146. The summed E-state index contributed by atoms with van der Waals surface area (Å²) in [7, 11) is -0.776. The van der Waals surface area contributed by atoms with Gasteiger partial charge in [0, 0.05) is 32.7 Å². The number of carboxylic acids is 1. The fraction of sp³-hybridized carbons (Fsp3) is 0.385. The van der Waals surface area contributed by atoms with Crippen LogP contribution in [-0.4, -0.2) is 61.8 Å². The average molecular weight is 312 g/mol. The summed E-state index contributed by atoms with van der Waals surface area (Å²) in [6, 6.07) is 5.75. The number of hydrogen-bond donors (Lipinski definition) is 1. The van der Waals surface area contributed by atoms with Gasteiger partial charge in [-0.1, -0.05) is 6.07 Å². The van der Waals surface area contributed by atoms with E-state index >= 15 is 0 Å². The van der Waals surface area contributed by atoms with E-state index in [9.17, 15) is 18.0 Å². The van der Waals surface area contributed by atoms with Crippen molar-refractivity contribution in [1.82, 2.24) is 9.21 Å². The zero-order valence-corrected chi connectivity index (χ0v) is 12.5. The summed E-state index contributed by atoms with van der Waals surface area (Å²) in [6.07, 6.45) is 0. The molecule has 0 saturated carbocycles. The first-order valence-corrected chi connectivity index (χ1v) is 7.72. The van der Waals surface area contributed by atoms with Crippen molar-refractivity contribution >= 4 is 21.9 Å². The first-order chi connectivity index (χ1) is 9.73. The quantitative estimate of drug-likeness (QED) is 0.850. The van der Waals surface area contributed by atoms with Crippen molar-refractivity contribution < 1.29 is 23.1 Å². The van der Waals surface area contributed by atoms with Crippen molar-refractivity contribution in [1.29, 1.82) is 0 Å². The van der Waals surface area contributed by atoms with Crippen molar-refractivity contribution in [3.05, 3.63) is 29.8 Å². The standard InChI is InChI=1S/C13H16N2O5S/c1-14(2)21(19,20)11-5-3-4-9(6-11)12(16)15-7-10(8-15)13(17)18/h3-6,10H,7-8H2,1-2H3,(H,17,18). The molecule has 0 bridgehead atoms. The van der Waals surface area contributed by atoms with Crippen LogP contribution in [0.5, 0.6) is 0 Å². The maximum absolute atomic E-state index is 12.2. The Morgan fingerprint density at radius 2 is 1.90 bits per heavy atom. The number of carbonyl (C=O) groups is 2. The van der Waals surface area contributed by atoms with Crippen LogP contribution in [0, 0.1) is 5.92 Å². The lowest BCUT2D eigenvalue weighted by Crippen LogP contribution is -2.53. The molecule has 1 aliphatic rings. The van der Waals surface area contributed by atoms with E-state index in [4.69, 9.17) is 5.11 Å². The molecule has 0 unspecified atom stereocenters. The molecule has 1 fully saturated rings. The van der Waals surface area contributed by atoms with Crippen molar-refractivity contribution in [3.63, 3.8) is 0 Å². The predicted molar refractivity (Wildman–Crippen MR) is 74.3 cm³/mol. The summed E-state index contributed by atoms with van der Waals surface area (Å²) >= 11 is 0. The summed E-state index contributed by atoms with van der Waals surface area (Å²) in [5.74, 6) is -1.83. The monoisotopic (exact) mass is 312 g/mol. The van der Waals surface area contributed by atoms with Gasteiger partial charge >= 0.3 is 5.97 Å². The van der Waals surface area contributed by atoms with Crippen LogP contribution in [0.3, 0.4) is 0 Å². The number of sulfonamides is 1. The van der Waals surface area contributed by atoms with E-state index in [-0.39, 0.29) is 29.5 Å². The van der Waals surface area contributed by atoms with Crippen LogP contribution in [0.2, 0.25) is 0 Å².